The fourth-order valence-corrected chi connectivity index (χ4v) is 4.29. The van der Waals surface area contributed by atoms with Crippen LogP contribution in [-0.2, 0) is 11.2 Å². The number of hydrogen-bond acceptors (Lipinski definition) is 4. The molecule has 31 heavy (non-hydrogen) atoms. The van der Waals surface area contributed by atoms with E-state index in [9.17, 15) is 13.6 Å². The molecule has 1 aliphatic carbocycles. The van der Waals surface area contributed by atoms with Crippen molar-refractivity contribution in [2.75, 3.05) is 33.8 Å². The van der Waals surface area contributed by atoms with Crippen LogP contribution in [0.4, 0.5) is 8.78 Å². The number of carbonyl (C=O) groups is 1. The Kier molecular flexibility index (Phi) is 8.31. The molecule has 0 aromatic heterocycles. The minimum atomic E-state index is -2.91. The van der Waals surface area contributed by atoms with E-state index in [2.05, 4.69) is 20.4 Å². The lowest BCUT2D eigenvalue weighted by molar-refractivity contribution is -0.134. The van der Waals surface area contributed by atoms with Crippen LogP contribution in [0.5, 0.6) is 11.5 Å². The third-order valence-corrected chi connectivity index (χ3v) is 5.92. The van der Waals surface area contributed by atoms with Gasteiger partial charge in [0.2, 0.25) is 5.91 Å². The van der Waals surface area contributed by atoms with Crippen molar-refractivity contribution in [2.24, 2.45) is 10.9 Å². The number of methoxy groups -OCH3 is 1. The number of likely N-dealkylation sites (tertiary alicyclic amines) is 1. The number of nitrogens with zero attached hydrogens (tertiary/aromatic N) is 2. The first-order valence-electron chi connectivity index (χ1n) is 10.9. The summed E-state index contributed by atoms with van der Waals surface area (Å²) >= 11 is 0. The SMILES string of the molecule is CN=C(NCCc1ccc(OC)c(OC(F)F)c1)NC1CCN(C(=O)C2CCCC2)C1. The lowest BCUT2D eigenvalue weighted by atomic mass is 10.1. The van der Waals surface area contributed by atoms with Crippen molar-refractivity contribution in [1.82, 2.24) is 15.5 Å². The van der Waals surface area contributed by atoms with Gasteiger partial charge in [-0.2, -0.15) is 8.78 Å². The van der Waals surface area contributed by atoms with Crippen molar-refractivity contribution in [3.8, 4) is 11.5 Å². The molecule has 1 unspecified atom stereocenters. The second kappa shape index (κ2) is 11.2. The van der Waals surface area contributed by atoms with Crippen LogP contribution in [-0.4, -0.2) is 63.2 Å². The Hall–Kier alpha value is -2.58. The summed E-state index contributed by atoms with van der Waals surface area (Å²) < 4.78 is 34.8. The number of halogens is 2. The van der Waals surface area contributed by atoms with Crippen LogP contribution in [0.3, 0.4) is 0 Å². The second-order valence-electron chi connectivity index (χ2n) is 8.01. The standard InChI is InChI=1S/C22H32F2N4O3/c1-25-22(27-17-10-12-28(14-17)20(29)16-5-3-4-6-16)26-11-9-15-7-8-18(30-2)19(13-15)31-21(23)24/h7-8,13,16-17,21H,3-6,9-12,14H2,1-2H3,(H2,25,26,27). The fraction of sp³-hybridized carbons (Fsp3) is 0.636. The Morgan fingerprint density at radius 2 is 2.03 bits per heavy atom. The van der Waals surface area contributed by atoms with Gasteiger partial charge >= 0.3 is 6.61 Å². The van der Waals surface area contributed by atoms with Gasteiger partial charge in [0, 0.05) is 38.6 Å². The van der Waals surface area contributed by atoms with Crippen molar-refractivity contribution in [1.29, 1.82) is 0 Å². The number of nitrogens with one attached hydrogen (secondary N) is 2. The van der Waals surface area contributed by atoms with Gasteiger partial charge in [0.1, 0.15) is 0 Å². The third kappa shape index (κ3) is 6.45. The molecule has 2 fully saturated rings. The van der Waals surface area contributed by atoms with E-state index in [0.29, 0.717) is 31.4 Å². The Morgan fingerprint density at radius 3 is 2.71 bits per heavy atom. The predicted molar refractivity (Wildman–Crippen MR) is 115 cm³/mol. The quantitative estimate of drug-likeness (QED) is 0.482. The minimum absolute atomic E-state index is 0.0236. The lowest BCUT2D eigenvalue weighted by Gasteiger charge is -2.21. The van der Waals surface area contributed by atoms with E-state index in [1.54, 1.807) is 19.2 Å². The molecule has 0 spiro atoms. The molecule has 1 amide bonds. The molecular weight excluding hydrogens is 406 g/mol. The number of rotatable bonds is 8. The van der Waals surface area contributed by atoms with Gasteiger partial charge in [-0.3, -0.25) is 9.79 Å². The van der Waals surface area contributed by atoms with Crippen molar-refractivity contribution < 1.29 is 23.0 Å². The van der Waals surface area contributed by atoms with Gasteiger partial charge in [-0.15, -0.1) is 0 Å². The summed E-state index contributed by atoms with van der Waals surface area (Å²) in [7, 11) is 3.11. The van der Waals surface area contributed by atoms with E-state index in [1.165, 1.54) is 7.11 Å². The largest absolute Gasteiger partial charge is 0.493 e. The molecule has 1 saturated carbocycles. The maximum absolute atomic E-state index is 12.6. The van der Waals surface area contributed by atoms with E-state index >= 15 is 0 Å². The number of hydrogen-bond donors (Lipinski definition) is 2. The maximum Gasteiger partial charge on any atom is 0.387 e. The van der Waals surface area contributed by atoms with Gasteiger partial charge < -0.3 is 25.0 Å². The van der Waals surface area contributed by atoms with Crippen molar-refractivity contribution in [3.63, 3.8) is 0 Å². The summed E-state index contributed by atoms with van der Waals surface area (Å²) in [5.41, 5.74) is 0.841. The molecule has 1 aromatic carbocycles. The van der Waals surface area contributed by atoms with E-state index < -0.39 is 6.61 Å². The van der Waals surface area contributed by atoms with E-state index in [-0.39, 0.29) is 23.5 Å². The van der Waals surface area contributed by atoms with Crippen molar-refractivity contribution in [2.45, 2.75) is 51.2 Å². The molecule has 1 atom stereocenters. The van der Waals surface area contributed by atoms with Gasteiger partial charge in [0.05, 0.1) is 7.11 Å². The summed E-state index contributed by atoms with van der Waals surface area (Å²) in [5.74, 6) is 1.46. The normalized spacial score (nSPS) is 19.7. The first kappa shape index (κ1) is 23.1. The summed E-state index contributed by atoms with van der Waals surface area (Å²) in [6.45, 7) is -0.861. The highest BCUT2D eigenvalue weighted by atomic mass is 19.3. The predicted octanol–water partition coefficient (Wildman–Crippen LogP) is 2.80. The molecule has 1 heterocycles. The summed E-state index contributed by atoms with van der Waals surface area (Å²) in [6, 6.07) is 5.17. The topological polar surface area (TPSA) is 75.2 Å². The van der Waals surface area contributed by atoms with Crippen molar-refractivity contribution >= 4 is 11.9 Å². The van der Waals surface area contributed by atoms with Crippen LogP contribution in [0.2, 0.25) is 0 Å². The van der Waals surface area contributed by atoms with Crippen LogP contribution in [0.25, 0.3) is 0 Å². The zero-order valence-corrected chi connectivity index (χ0v) is 18.2. The highest BCUT2D eigenvalue weighted by Crippen LogP contribution is 2.30. The molecule has 1 saturated heterocycles. The Balaban J connectivity index is 1.45. The first-order chi connectivity index (χ1) is 15.0. The van der Waals surface area contributed by atoms with Crippen LogP contribution in [0.1, 0.15) is 37.7 Å². The molecule has 1 aromatic rings. The highest BCUT2D eigenvalue weighted by Gasteiger charge is 2.32. The number of ether oxygens (including phenoxy) is 2. The van der Waals surface area contributed by atoms with Gasteiger partial charge in [-0.1, -0.05) is 18.9 Å². The molecule has 2 N–H and O–H groups in total. The zero-order valence-electron chi connectivity index (χ0n) is 18.2. The Labute approximate surface area is 182 Å². The Morgan fingerprint density at radius 1 is 1.26 bits per heavy atom. The Bertz CT molecular complexity index is 769. The molecular formula is C22H32F2N4O3. The first-order valence-corrected chi connectivity index (χ1v) is 10.9. The fourth-order valence-electron chi connectivity index (χ4n) is 4.29. The molecule has 172 valence electrons. The van der Waals surface area contributed by atoms with Gasteiger partial charge in [0.25, 0.3) is 0 Å². The van der Waals surface area contributed by atoms with Crippen LogP contribution in [0, 0.1) is 5.92 Å². The molecule has 3 rings (SSSR count). The summed E-state index contributed by atoms with van der Waals surface area (Å²) in [4.78, 5) is 18.8. The van der Waals surface area contributed by atoms with E-state index in [1.807, 2.05) is 11.0 Å². The molecule has 1 aliphatic heterocycles. The van der Waals surface area contributed by atoms with E-state index in [0.717, 1.165) is 44.2 Å². The molecule has 9 heteroatoms. The average Bonchev–Trinajstić information content (AvgIpc) is 3.45. The lowest BCUT2D eigenvalue weighted by Crippen LogP contribution is -2.45. The molecule has 0 radical (unpaired) electrons. The smallest absolute Gasteiger partial charge is 0.387 e. The molecule has 2 aliphatic rings. The number of alkyl halides is 2. The number of amides is 1. The van der Waals surface area contributed by atoms with Gasteiger partial charge in [0.15, 0.2) is 17.5 Å². The van der Waals surface area contributed by atoms with E-state index in [4.69, 9.17) is 4.74 Å². The third-order valence-electron chi connectivity index (χ3n) is 5.92. The summed E-state index contributed by atoms with van der Waals surface area (Å²) in [6.07, 6.45) is 5.85. The maximum atomic E-state index is 12.6. The second-order valence-corrected chi connectivity index (χ2v) is 8.01. The minimum Gasteiger partial charge on any atom is -0.493 e. The molecule has 7 nitrogen and oxygen atoms in total. The average molecular weight is 439 g/mol. The molecule has 0 bridgehead atoms. The van der Waals surface area contributed by atoms with Crippen molar-refractivity contribution in [3.05, 3.63) is 23.8 Å². The number of benzene rings is 1. The number of guanidine groups is 1. The number of carbonyl (C=O) groups excluding carboxylic acids is 1. The highest BCUT2D eigenvalue weighted by molar-refractivity contribution is 5.81. The summed E-state index contributed by atoms with van der Waals surface area (Å²) in [5, 5.41) is 6.63. The van der Waals surface area contributed by atoms with Gasteiger partial charge in [-0.25, -0.2) is 0 Å². The zero-order chi connectivity index (χ0) is 22.2. The van der Waals surface area contributed by atoms with Crippen LogP contribution < -0.4 is 20.1 Å². The number of aliphatic imine (C=N–C) groups is 1. The van der Waals surface area contributed by atoms with Gasteiger partial charge in [-0.05, 0) is 43.4 Å². The van der Waals surface area contributed by atoms with Crippen LogP contribution in [0.15, 0.2) is 23.2 Å². The monoisotopic (exact) mass is 438 g/mol. The van der Waals surface area contributed by atoms with Crippen LogP contribution >= 0.6 is 0 Å².